The minimum Gasteiger partial charge on any atom is -0.469 e. The Kier molecular flexibility index (Phi) is 2.88. The summed E-state index contributed by atoms with van der Waals surface area (Å²) in [5.41, 5.74) is 5.71. The van der Waals surface area contributed by atoms with Gasteiger partial charge in [-0.05, 0) is 19.3 Å². The van der Waals surface area contributed by atoms with Crippen LogP contribution in [0.5, 0.6) is 0 Å². The summed E-state index contributed by atoms with van der Waals surface area (Å²) in [7, 11) is 1.43. The van der Waals surface area contributed by atoms with E-state index in [0.29, 0.717) is 0 Å². The molecule has 1 aliphatic carbocycles. The SMILES string of the molecule is COC(=O)[C@@H]1CCCC(N)C1. The number of nitrogens with two attached hydrogens (primary N) is 1. The lowest BCUT2D eigenvalue weighted by molar-refractivity contribution is -0.146. The van der Waals surface area contributed by atoms with Crippen LogP contribution in [0.3, 0.4) is 0 Å². The molecule has 1 aliphatic rings. The summed E-state index contributed by atoms with van der Waals surface area (Å²) in [6, 6.07) is 0.202. The van der Waals surface area contributed by atoms with Gasteiger partial charge in [-0.15, -0.1) is 0 Å². The molecule has 0 aromatic carbocycles. The number of ether oxygens (including phenoxy) is 1. The first-order chi connectivity index (χ1) is 5.24. The molecular formula is C8H15NO2. The van der Waals surface area contributed by atoms with Crippen molar-refractivity contribution in [2.45, 2.75) is 31.7 Å². The zero-order chi connectivity index (χ0) is 8.27. The molecule has 11 heavy (non-hydrogen) atoms. The van der Waals surface area contributed by atoms with Crippen molar-refractivity contribution in [3.8, 4) is 0 Å². The van der Waals surface area contributed by atoms with E-state index >= 15 is 0 Å². The van der Waals surface area contributed by atoms with E-state index in [9.17, 15) is 4.79 Å². The second-order valence-corrected chi connectivity index (χ2v) is 3.15. The van der Waals surface area contributed by atoms with Crippen LogP contribution in [0.1, 0.15) is 25.7 Å². The van der Waals surface area contributed by atoms with Gasteiger partial charge in [-0.1, -0.05) is 6.42 Å². The maximum atomic E-state index is 11.0. The molecular weight excluding hydrogens is 142 g/mol. The molecule has 0 aromatic rings. The summed E-state index contributed by atoms with van der Waals surface area (Å²) < 4.78 is 4.64. The van der Waals surface area contributed by atoms with Gasteiger partial charge in [-0.25, -0.2) is 0 Å². The predicted octanol–water partition coefficient (Wildman–Crippen LogP) is 0.677. The van der Waals surface area contributed by atoms with Crippen molar-refractivity contribution in [3.63, 3.8) is 0 Å². The van der Waals surface area contributed by atoms with Crippen molar-refractivity contribution < 1.29 is 9.53 Å². The van der Waals surface area contributed by atoms with Crippen LogP contribution in [0.4, 0.5) is 0 Å². The molecule has 0 spiro atoms. The van der Waals surface area contributed by atoms with Crippen LogP contribution in [0.2, 0.25) is 0 Å². The average molecular weight is 157 g/mol. The second-order valence-electron chi connectivity index (χ2n) is 3.15. The first-order valence-electron chi connectivity index (χ1n) is 4.07. The van der Waals surface area contributed by atoms with Gasteiger partial charge in [0.1, 0.15) is 0 Å². The van der Waals surface area contributed by atoms with Crippen molar-refractivity contribution in [2.24, 2.45) is 11.7 Å². The van der Waals surface area contributed by atoms with Gasteiger partial charge in [-0.2, -0.15) is 0 Å². The van der Waals surface area contributed by atoms with E-state index in [2.05, 4.69) is 4.74 Å². The molecule has 1 unspecified atom stereocenters. The predicted molar refractivity (Wildman–Crippen MR) is 41.9 cm³/mol. The van der Waals surface area contributed by atoms with E-state index in [1.165, 1.54) is 7.11 Å². The fourth-order valence-electron chi connectivity index (χ4n) is 1.61. The van der Waals surface area contributed by atoms with Gasteiger partial charge in [0.25, 0.3) is 0 Å². The van der Waals surface area contributed by atoms with Gasteiger partial charge >= 0.3 is 5.97 Å². The summed E-state index contributed by atoms with van der Waals surface area (Å²) in [5, 5.41) is 0. The minimum atomic E-state index is -0.0971. The third-order valence-electron chi connectivity index (χ3n) is 2.25. The Morgan fingerprint density at radius 2 is 2.27 bits per heavy atom. The van der Waals surface area contributed by atoms with Gasteiger partial charge in [0.05, 0.1) is 13.0 Å². The highest BCUT2D eigenvalue weighted by atomic mass is 16.5. The summed E-state index contributed by atoms with van der Waals surface area (Å²) in [6.07, 6.45) is 3.85. The Bertz CT molecular complexity index is 147. The Labute approximate surface area is 66.9 Å². The second kappa shape index (κ2) is 3.72. The molecule has 1 saturated carbocycles. The number of rotatable bonds is 1. The van der Waals surface area contributed by atoms with Crippen molar-refractivity contribution in [1.29, 1.82) is 0 Å². The summed E-state index contributed by atoms with van der Waals surface area (Å²) >= 11 is 0. The van der Waals surface area contributed by atoms with E-state index in [1.807, 2.05) is 0 Å². The maximum absolute atomic E-state index is 11.0. The van der Waals surface area contributed by atoms with E-state index in [4.69, 9.17) is 5.73 Å². The van der Waals surface area contributed by atoms with Crippen LogP contribution in [0.15, 0.2) is 0 Å². The standard InChI is InChI=1S/C8H15NO2/c1-11-8(10)6-3-2-4-7(9)5-6/h6-7H,2-5,9H2,1H3/t6-,7?/m1/s1. The lowest BCUT2D eigenvalue weighted by atomic mass is 9.86. The molecule has 3 nitrogen and oxygen atoms in total. The molecule has 1 rings (SSSR count). The molecule has 0 bridgehead atoms. The van der Waals surface area contributed by atoms with Gasteiger partial charge < -0.3 is 10.5 Å². The van der Waals surface area contributed by atoms with Crippen LogP contribution < -0.4 is 5.73 Å². The van der Waals surface area contributed by atoms with Gasteiger partial charge in [-0.3, -0.25) is 4.79 Å². The molecule has 0 aromatic heterocycles. The largest absolute Gasteiger partial charge is 0.469 e. The normalized spacial score (nSPS) is 31.5. The molecule has 64 valence electrons. The third kappa shape index (κ3) is 2.19. The molecule has 0 aliphatic heterocycles. The number of carbonyl (C=O) groups is 1. The number of methoxy groups -OCH3 is 1. The summed E-state index contributed by atoms with van der Waals surface area (Å²) in [4.78, 5) is 11.0. The highest BCUT2D eigenvalue weighted by Crippen LogP contribution is 2.23. The average Bonchev–Trinajstić information content (AvgIpc) is 2.03. The Morgan fingerprint density at radius 3 is 2.82 bits per heavy atom. The fourth-order valence-corrected chi connectivity index (χ4v) is 1.61. The van der Waals surface area contributed by atoms with Crippen LogP contribution >= 0.6 is 0 Å². The van der Waals surface area contributed by atoms with Crippen molar-refractivity contribution in [3.05, 3.63) is 0 Å². The lowest BCUT2D eigenvalue weighted by Gasteiger charge is -2.24. The van der Waals surface area contributed by atoms with E-state index in [1.54, 1.807) is 0 Å². The summed E-state index contributed by atoms with van der Waals surface area (Å²) in [6.45, 7) is 0. The van der Waals surface area contributed by atoms with Crippen LogP contribution in [-0.2, 0) is 9.53 Å². The Hall–Kier alpha value is -0.570. The zero-order valence-corrected chi connectivity index (χ0v) is 6.88. The van der Waals surface area contributed by atoms with Gasteiger partial charge in [0, 0.05) is 6.04 Å². The molecule has 0 amide bonds. The molecule has 0 saturated heterocycles. The molecule has 2 atom stereocenters. The first kappa shape index (κ1) is 8.53. The maximum Gasteiger partial charge on any atom is 0.308 e. The summed E-state index contributed by atoms with van der Waals surface area (Å²) in [5.74, 6) is -0.0381. The van der Waals surface area contributed by atoms with Crippen molar-refractivity contribution >= 4 is 5.97 Å². The smallest absolute Gasteiger partial charge is 0.308 e. The van der Waals surface area contributed by atoms with Gasteiger partial charge in [0.2, 0.25) is 0 Å². The number of hydrogen-bond acceptors (Lipinski definition) is 3. The molecule has 2 N–H and O–H groups in total. The van der Waals surface area contributed by atoms with Crippen LogP contribution in [0.25, 0.3) is 0 Å². The van der Waals surface area contributed by atoms with Crippen LogP contribution in [0, 0.1) is 5.92 Å². The number of hydrogen-bond donors (Lipinski definition) is 1. The number of esters is 1. The van der Waals surface area contributed by atoms with Gasteiger partial charge in [0.15, 0.2) is 0 Å². The van der Waals surface area contributed by atoms with E-state index < -0.39 is 0 Å². The Balaban J connectivity index is 2.39. The Morgan fingerprint density at radius 1 is 1.55 bits per heavy atom. The monoisotopic (exact) mass is 157 g/mol. The molecule has 1 fully saturated rings. The highest BCUT2D eigenvalue weighted by molar-refractivity contribution is 5.72. The lowest BCUT2D eigenvalue weighted by Crippen LogP contribution is -2.32. The van der Waals surface area contributed by atoms with Crippen molar-refractivity contribution in [2.75, 3.05) is 7.11 Å². The number of carbonyl (C=O) groups excluding carboxylic acids is 1. The third-order valence-corrected chi connectivity index (χ3v) is 2.25. The highest BCUT2D eigenvalue weighted by Gasteiger charge is 2.25. The zero-order valence-electron chi connectivity index (χ0n) is 6.88. The van der Waals surface area contributed by atoms with Crippen molar-refractivity contribution in [1.82, 2.24) is 0 Å². The molecule has 0 heterocycles. The first-order valence-corrected chi connectivity index (χ1v) is 4.07. The van der Waals surface area contributed by atoms with E-state index in [-0.39, 0.29) is 17.9 Å². The molecule has 3 heteroatoms. The fraction of sp³-hybridized carbons (Fsp3) is 0.875. The van der Waals surface area contributed by atoms with E-state index in [0.717, 1.165) is 25.7 Å². The van der Waals surface area contributed by atoms with Crippen LogP contribution in [-0.4, -0.2) is 19.1 Å². The quantitative estimate of drug-likeness (QED) is 0.569. The topological polar surface area (TPSA) is 52.3 Å². The minimum absolute atomic E-state index is 0.0590. The molecule has 0 radical (unpaired) electrons.